The lowest BCUT2D eigenvalue weighted by atomic mass is 10.1. The zero-order valence-corrected chi connectivity index (χ0v) is 14.1. The number of H-pyrrole nitrogens is 2. The smallest absolute Gasteiger partial charge is 0.292 e. The highest BCUT2D eigenvalue weighted by Gasteiger charge is 2.13. The van der Waals surface area contributed by atoms with E-state index in [0.717, 1.165) is 0 Å². The van der Waals surface area contributed by atoms with Gasteiger partial charge in [0.05, 0.1) is 16.3 Å². The van der Waals surface area contributed by atoms with Crippen molar-refractivity contribution in [2.75, 3.05) is 5.32 Å². The number of carbonyl (C=O) groups is 1. The quantitative estimate of drug-likeness (QED) is 0.359. The molecule has 1 aromatic heterocycles. The summed E-state index contributed by atoms with van der Waals surface area (Å²) < 4.78 is 0. The lowest BCUT2D eigenvalue weighted by Crippen LogP contribution is -2.05. The molecule has 3 aromatic rings. The first-order valence-corrected chi connectivity index (χ1v) is 7.79. The number of non-ortho nitro benzene ring substituents is 1. The van der Waals surface area contributed by atoms with Gasteiger partial charge >= 0.3 is 0 Å². The van der Waals surface area contributed by atoms with E-state index in [4.69, 9.17) is 0 Å². The number of benzene rings is 2. The maximum Gasteiger partial charge on any atom is 0.292 e. The van der Waals surface area contributed by atoms with Crippen LogP contribution in [0.5, 0.6) is 0 Å². The maximum atomic E-state index is 12.0. The fraction of sp³-hybridized carbons (Fsp3) is 0.0588. The molecule has 0 radical (unpaired) electrons. The Morgan fingerprint density at radius 2 is 1.85 bits per heavy atom. The number of nitrogens with zero attached hydrogens (tertiary/aromatic N) is 3. The topological polar surface area (TPSA) is 146 Å². The summed E-state index contributed by atoms with van der Waals surface area (Å²) in [6, 6.07) is 12.3. The molecule has 0 unspecified atom stereocenters. The Morgan fingerprint density at radius 1 is 1.11 bits per heavy atom. The monoisotopic (exact) mass is 366 g/mol. The summed E-state index contributed by atoms with van der Waals surface area (Å²) in [5.74, 6) is -0.216. The number of anilines is 1. The second-order valence-electron chi connectivity index (χ2n) is 5.54. The molecule has 0 aliphatic carbocycles. The highest BCUT2D eigenvalue weighted by molar-refractivity contribution is 5.89. The Kier molecular flexibility index (Phi) is 4.88. The first-order valence-electron chi connectivity index (χ1n) is 7.79. The number of nitro benzene ring substituents is 1. The Bertz CT molecular complexity index is 1080. The van der Waals surface area contributed by atoms with Gasteiger partial charge in [0.2, 0.25) is 5.91 Å². The zero-order chi connectivity index (χ0) is 19.4. The highest BCUT2D eigenvalue weighted by Crippen LogP contribution is 2.28. The van der Waals surface area contributed by atoms with E-state index in [1.54, 1.807) is 24.3 Å². The molecule has 0 aliphatic rings. The molecule has 3 N–H and O–H groups in total. The predicted octanol–water partition coefficient (Wildman–Crippen LogP) is 3.65. The van der Waals surface area contributed by atoms with Crippen LogP contribution in [0.3, 0.4) is 0 Å². The van der Waals surface area contributed by atoms with Crippen LogP contribution in [0.4, 0.5) is 22.7 Å². The van der Waals surface area contributed by atoms with Crippen molar-refractivity contribution in [3.63, 3.8) is 0 Å². The number of nitro groups is 1. The minimum atomic E-state index is -0.508. The fourth-order valence-corrected chi connectivity index (χ4v) is 2.36. The minimum Gasteiger partial charge on any atom is -0.326 e. The molecule has 2 aromatic carbocycles. The highest BCUT2D eigenvalue weighted by atomic mass is 16.6. The van der Waals surface area contributed by atoms with Crippen molar-refractivity contribution in [2.24, 2.45) is 10.2 Å². The molecule has 10 nitrogen and oxygen atoms in total. The number of aromatic amines is 2. The van der Waals surface area contributed by atoms with Gasteiger partial charge in [0.1, 0.15) is 0 Å². The van der Waals surface area contributed by atoms with Crippen LogP contribution >= 0.6 is 0 Å². The van der Waals surface area contributed by atoms with E-state index in [1.807, 2.05) is 0 Å². The summed E-state index contributed by atoms with van der Waals surface area (Å²) >= 11 is 0. The van der Waals surface area contributed by atoms with Gasteiger partial charge in [-0.25, -0.2) is 0 Å². The SMILES string of the molecule is CC(=O)Nc1cccc(N=Nc2c(-c3ccc([N+](=O)[O-])cc3)[nH][nH]c2=O)c1. The van der Waals surface area contributed by atoms with Gasteiger partial charge in [-0.2, -0.15) is 5.11 Å². The summed E-state index contributed by atoms with van der Waals surface area (Å²) in [4.78, 5) is 33.4. The third-order valence-electron chi connectivity index (χ3n) is 3.55. The molecule has 1 amide bonds. The van der Waals surface area contributed by atoms with Crippen LogP contribution in [0.25, 0.3) is 11.3 Å². The van der Waals surface area contributed by atoms with Gasteiger partial charge in [0.25, 0.3) is 11.2 Å². The molecule has 0 saturated heterocycles. The van der Waals surface area contributed by atoms with Crippen molar-refractivity contribution in [3.05, 3.63) is 69.0 Å². The van der Waals surface area contributed by atoms with E-state index in [1.165, 1.54) is 31.2 Å². The lowest BCUT2D eigenvalue weighted by Gasteiger charge is -2.02. The second kappa shape index (κ2) is 7.44. The summed E-state index contributed by atoms with van der Waals surface area (Å²) in [5.41, 5.74) is 1.39. The Morgan fingerprint density at radius 3 is 2.52 bits per heavy atom. The van der Waals surface area contributed by atoms with Crippen molar-refractivity contribution < 1.29 is 9.72 Å². The van der Waals surface area contributed by atoms with Crippen molar-refractivity contribution in [2.45, 2.75) is 6.92 Å². The number of carbonyl (C=O) groups excluding carboxylic acids is 1. The van der Waals surface area contributed by atoms with Gasteiger partial charge < -0.3 is 5.32 Å². The van der Waals surface area contributed by atoms with Crippen molar-refractivity contribution in [1.82, 2.24) is 10.2 Å². The first-order chi connectivity index (χ1) is 12.9. The molecule has 0 bridgehead atoms. The fourth-order valence-electron chi connectivity index (χ4n) is 2.36. The largest absolute Gasteiger partial charge is 0.326 e. The van der Waals surface area contributed by atoms with Crippen LogP contribution in [-0.4, -0.2) is 21.0 Å². The van der Waals surface area contributed by atoms with Crippen LogP contribution in [0.15, 0.2) is 63.6 Å². The third kappa shape index (κ3) is 4.12. The normalized spacial score (nSPS) is 10.9. The molecule has 10 heteroatoms. The molecule has 0 fully saturated rings. The molecular formula is C17H14N6O4. The number of aromatic nitrogens is 2. The van der Waals surface area contributed by atoms with Gasteiger partial charge in [-0.05, 0) is 30.3 Å². The number of rotatable bonds is 5. The molecule has 27 heavy (non-hydrogen) atoms. The van der Waals surface area contributed by atoms with Gasteiger partial charge in [-0.15, -0.1) is 5.11 Å². The lowest BCUT2D eigenvalue weighted by molar-refractivity contribution is -0.384. The first kappa shape index (κ1) is 17.7. The Balaban J connectivity index is 1.91. The molecule has 136 valence electrons. The molecule has 0 atom stereocenters. The third-order valence-corrected chi connectivity index (χ3v) is 3.55. The molecule has 3 rings (SSSR count). The Hall–Kier alpha value is -4.08. The number of azo groups is 1. The van der Waals surface area contributed by atoms with Gasteiger partial charge in [-0.3, -0.25) is 29.9 Å². The van der Waals surface area contributed by atoms with Gasteiger partial charge in [-0.1, -0.05) is 6.07 Å². The Labute approximate surface area is 152 Å². The molecule has 0 saturated carbocycles. The van der Waals surface area contributed by atoms with Crippen LogP contribution in [0, 0.1) is 10.1 Å². The van der Waals surface area contributed by atoms with E-state index < -0.39 is 10.5 Å². The average molecular weight is 366 g/mol. The van der Waals surface area contributed by atoms with Crippen LogP contribution in [-0.2, 0) is 4.79 Å². The second-order valence-corrected chi connectivity index (χ2v) is 5.54. The van der Waals surface area contributed by atoms with E-state index in [-0.39, 0.29) is 17.3 Å². The summed E-state index contributed by atoms with van der Waals surface area (Å²) in [6.45, 7) is 1.39. The van der Waals surface area contributed by atoms with Gasteiger partial charge in [0, 0.05) is 30.3 Å². The van der Waals surface area contributed by atoms with E-state index in [0.29, 0.717) is 22.6 Å². The van der Waals surface area contributed by atoms with Crippen molar-refractivity contribution in [1.29, 1.82) is 0 Å². The number of hydrogen-bond donors (Lipinski definition) is 3. The minimum absolute atomic E-state index is 0.0359. The zero-order valence-electron chi connectivity index (χ0n) is 14.1. The standard InChI is InChI=1S/C17H14N6O4/c1-10(24)18-12-3-2-4-13(9-12)19-21-16-15(20-22-17(16)25)11-5-7-14(8-6-11)23(26)27/h2-9H,1H3,(H,18,24)(H2,20,22,25). The number of nitrogens with one attached hydrogen (secondary N) is 3. The number of amides is 1. The van der Waals surface area contributed by atoms with E-state index in [2.05, 4.69) is 25.7 Å². The number of hydrogen-bond acceptors (Lipinski definition) is 6. The molecule has 0 aliphatic heterocycles. The maximum absolute atomic E-state index is 12.0. The van der Waals surface area contributed by atoms with Crippen LogP contribution in [0.1, 0.15) is 6.92 Å². The average Bonchev–Trinajstić information content (AvgIpc) is 3.00. The van der Waals surface area contributed by atoms with E-state index in [9.17, 15) is 19.7 Å². The van der Waals surface area contributed by atoms with Crippen LogP contribution in [0.2, 0.25) is 0 Å². The molecule has 0 spiro atoms. The predicted molar refractivity (Wildman–Crippen MR) is 98.4 cm³/mol. The summed E-state index contributed by atoms with van der Waals surface area (Å²) in [6.07, 6.45) is 0. The summed E-state index contributed by atoms with van der Waals surface area (Å²) in [7, 11) is 0. The van der Waals surface area contributed by atoms with Crippen molar-refractivity contribution in [3.8, 4) is 11.3 Å². The van der Waals surface area contributed by atoms with E-state index >= 15 is 0 Å². The summed E-state index contributed by atoms with van der Waals surface area (Å²) in [5, 5.41) is 26.5. The van der Waals surface area contributed by atoms with Crippen LogP contribution < -0.4 is 10.9 Å². The molecular weight excluding hydrogens is 352 g/mol. The molecule has 1 heterocycles. The van der Waals surface area contributed by atoms with Crippen molar-refractivity contribution >= 4 is 28.7 Å². The van der Waals surface area contributed by atoms with Gasteiger partial charge in [0.15, 0.2) is 5.69 Å².